The summed E-state index contributed by atoms with van der Waals surface area (Å²) in [5.74, 6) is 2.44. The van der Waals surface area contributed by atoms with E-state index in [1.165, 1.54) is 0 Å². The van der Waals surface area contributed by atoms with Gasteiger partial charge >= 0.3 is 0 Å². The number of aromatic nitrogens is 1. The van der Waals surface area contributed by atoms with Gasteiger partial charge in [0.15, 0.2) is 0 Å². The predicted molar refractivity (Wildman–Crippen MR) is 68.7 cm³/mol. The maximum absolute atomic E-state index is 11.9. The highest BCUT2D eigenvalue weighted by Crippen LogP contribution is 2.14. The molecule has 1 atom stereocenters. The van der Waals surface area contributed by atoms with Crippen LogP contribution >= 0.6 is 0 Å². The lowest BCUT2D eigenvalue weighted by Crippen LogP contribution is -2.32. The Balaban J connectivity index is 2.16. The van der Waals surface area contributed by atoms with Gasteiger partial charge in [0, 0.05) is 29.7 Å². The summed E-state index contributed by atoms with van der Waals surface area (Å²) in [4.78, 5) is 15.0. The van der Waals surface area contributed by atoms with Crippen molar-refractivity contribution in [3.63, 3.8) is 0 Å². The zero-order chi connectivity index (χ0) is 12.3. The Morgan fingerprint density at radius 3 is 3.12 bits per heavy atom. The number of hydrogen-bond acceptors (Lipinski definition) is 1. The highest BCUT2D eigenvalue weighted by Gasteiger charge is 2.09. The highest BCUT2D eigenvalue weighted by atomic mass is 16.1. The molecule has 0 aliphatic rings. The lowest BCUT2D eigenvalue weighted by molar-refractivity contribution is 0.0941. The summed E-state index contributed by atoms with van der Waals surface area (Å²) < 4.78 is 0. The Hall–Kier alpha value is -2.21. The van der Waals surface area contributed by atoms with Gasteiger partial charge in [-0.1, -0.05) is 6.07 Å². The van der Waals surface area contributed by atoms with Crippen molar-refractivity contribution in [1.82, 2.24) is 10.3 Å². The molecule has 0 fully saturated rings. The van der Waals surface area contributed by atoms with Crippen LogP contribution in [0.15, 0.2) is 30.5 Å². The van der Waals surface area contributed by atoms with E-state index >= 15 is 0 Å². The maximum Gasteiger partial charge on any atom is 0.251 e. The number of rotatable bonds is 3. The van der Waals surface area contributed by atoms with E-state index in [1.54, 1.807) is 0 Å². The molecule has 3 nitrogen and oxygen atoms in total. The third-order valence-electron chi connectivity index (χ3n) is 2.62. The number of benzene rings is 1. The minimum Gasteiger partial charge on any atom is -0.361 e. The van der Waals surface area contributed by atoms with Gasteiger partial charge in [-0.3, -0.25) is 4.79 Å². The van der Waals surface area contributed by atoms with Crippen LogP contribution < -0.4 is 5.32 Å². The van der Waals surface area contributed by atoms with Crippen molar-refractivity contribution in [2.75, 3.05) is 0 Å². The largest absolute Gasteiger partial charge is 0.361 e. The monoisotopic (exact) mass is 226 g/mol. The summed E-state index contributed by atoms with van der Waals surface area (Å²) >= 11 is 0. The second kappa shape index (κ2) is 4.75. The van der Waals surface area contributed by atoms with Gasteiger partial charge in [0.1, 0.15) is 0 Å². The number of nitrogens with one attached hydrogen (secondary N) is 2. The smallest absolute Gasteiger partial charge is 0.251 e. The van der Waals surface area contributed by atoms with Crippen LogP contribution in [0.2, 0.25) is 0 Å². The van der Waals surface area contributed by atoms with E-state index in [0.717, 1.165) is 10.9 Å². The van der Waals surface area contributed by atoms with Crippen molar-refractivity contribution in [3.05, 3.63) is 36.0 Å². The van der Waals surface area contributed by atoms with Crippen LogP contribution in [0.3, 0.4) is 0 Å². The Labute approximate surface area is 100 Å². The lowest BCUT2D eigenvalue weighted by atomic mass is 10.1. The number of fused-ring (bicyclic) bond motifs is 1. The number of aromatic amines is 1. The second-order valence-corrected chi connectivity index (χ2v) is 4.06. The third kappa shape index (κ3) is 2.48. The number of terminal acetylenes is 1. The minimum atomic E-state index is -0.0933. The van der Waals surface area contributed by atoms with Crippen molar-refractivity contribution in [1.29, 1.82) is 0 Å². The molecule has 0 aliphatic heterocycles. The van der Waals surface area contributed by atoms with Gasteiger partial charge in [0.05, 0.1) is 0 Å². The average molecular weight is 226 g/mol. The number of H-pyrrole nitrogens is 1. The Kier molecular flexibility index (Phi) is 3.15. The molecular weight excluding hydrogens is 212 g/mol. The maximum atomic E-state index is 11.9. The summed E-state index contributed by atoms with van der Waals surface area (Å²) in [6, 6.07) is 7.54. The SMILES string of the molecule is C#CCC(C)NC(=O)c1ccc2cc[nH]c2c1. The summed E-state index contributed by atoms with van der Waals surface area (Å²) in [6.07, 6.45) is 7.59. The molecule has 0 radical (unpaired) electrons. The van der Waals surface area contributed by atoms with Gasteiger partial charge in [0.25, 0.3) is 5.91 Å². The minimum absolute atomic E-state index is 0.00756. The molecule has 0 saturated heterocycles. The van der Waals surface area contributed by atoms with E-state index in [1.807, 2.05) is 37.4 Å². The van der Waals surface area contributed by atoms with Gasteiger partial charge in [-0.05, 0) is 30.5 Å². The molecule has 2 aromatic rings. The van der Waals surface area contributed by atoms with E-state index < -0.39 is 0 Å². The number of carbonyl (C=O) groups excluding carboxylic acids is 1. The fraction of sp³-hybridized carbons (Fsp3) is 0.214. The van der Waals surface area contributed by atoms with Crippen molar-refractivity contribution in [3.8, 4) is 12.3 Å². The van der Waals surface area contributed by atoms with Crippen molar-refractivity contribution in [2.45, 2.75) is 19.4 Å². The van der Waals surface area contributed by atoms with E-state index in [9.17, 15) is 4.79 Å². The molecule has 0 aliphatic carbocycles. The van der Waals surface area contributed by atoms with Crippen molar-refractivity contribution in [2.24, 2.45) is 0 Å². The number of amides is 1. The van der Waals surface area contributed by atoms with Gasteiger partial charge in [-0.2, -0.15) is 0 Å². The van der Waals surface area contributed by atoms with Crippen LogP contribution in [-0.4, -0.2) is 16.9 Å². The Morgan fingerprint density at radius 2 is 2.35 bits per heavy atom. The van der Waals surface area contributed by atoms with Crippen LogP contribution in [0.4, 0.5) is 0 Å². The van der Waals surface area contributed by atoms with Crippen LogP contribution in [0.1, 0.15) is 23.7 Å². The van der Waals surface area contributed by atoms with Crippen LogP contribution in [-0.2, 0) is 0 Å². The summed E-state index contributed by atoms with van der Waals surface area (Å²) in [7, 11) is 0. The van der Waals surface area contributed by atoms with Gasteiger partial charge in [0.2, 0.25) is 0 Å². The molecule has 0 spiro atoms. The zero-order valence-electron chi connectivity index (χ0n) is 9.66. The fourth-order valence-corrected chi connectivity index (χ4v) is 1.72. The van der Waals surface area contributed by atoms with Crippen LogP contribution in [0.25, 0.3) is 10.9 Å². The van der Waals surface area contributed by atoms with Crippen LogP contribution in [0.5, 0.6) is 0 Å². The molecule has 0 bridgehead atoms. The van der Waals surface area contributed by atoms with Gasteiger partial charge < -0.3 is 10.3 Å². The van der Waals surface area contributed by atoms with E-state index in [0.29, 0.717) is 12.0 Å². The molecule has 1 aromatic carbocycles. The molecule has 1 heterocycles. The molecular formula is C14H14N2O. The summed E-state index contributed by atoms with van der Waals surface area (Å²) in [5, 5.41) is 3.95. The zero-order valence-corrected chi connectivity index (χ0v) is 9.66. The number of hydrogen-bond donors (Lipinski definition) is 2. The van der Waals surface area contributed by atoms with E-state index in [2.05, 4.69) is 16.2 Å². The van der Waals surface area contributed by atoms with Crippen molar-refractivity contribution >= 4 is 16.8 Å². The first-order valence-corrected chi connectivity index (χ1v) is 5.52. The van der Waals surface area contributed by atoms with E-state index in [4.69, 9.17) is 6.42 Å². The average Bonchev–Trinajstić information content (AvgIpc) is 2.75. The normalized spacial score (nSPS) is 12.0. The standard InChI is InChI=1S/C14H14N2O/c1-3-4-10(2)16-14(17)12-6-5-11-7-8-15-13(11)9-12/h1,5-10,15H,4H2,2H3,(H,16,17). The predicted octanol–water partition coefficient (Wildman–Crippen LogP) is 2.31. The molecule has 2 rings (SSSR count). The molecule has 1 amide bonds. The first-order valence-electron chi connectivity index (χ1n) is 5.52. The summed E-state index contributed by atoms with van der Waals surface area (Å²) in [6.45, 7) is 1.89. The summed E-state index contributed by atoms with van der Waals surface area (Å²) in [5.41, 5.74) is 1.60. The quantitative estimate of drug-likeness (QED) is 0.775. The Bertz CT molecular complexity index is 577. The molecule has 86 valence electrons. The molecule has 1 unspecified atom stereocenters. The third-order valence-corrected chi connectivity index (χ3v) is 2.62. The number of carbonyl (C=O) groups is 1. The van der Waals surface area contributed by atoms with Crippen LogP contribution in [0, 0.1) is 12.3 Å². The first kappa shape index (κ1) is 11.3. The molecule has 1 aromatic heterocycles. The van der Waals surface area contributed by atoms with Gasteiger partial charge in [-0.15, -0.1) is 12.3 Å². The molecule has 17 heavy (non-hydrogen) atoms. The van der Waals surface area contributed by atoms with E-state index in [-0.39, 0.29) is 11.9 Å². The second-order valence-electron chi connectivity index (χ2n) is 4.06. The molecule has 3 heteroatoms. The fourth-order valence-electron chi connectivity index (χ4n) is 1.72. The topological polar surface area (TPSA) is 44.9 Å². The lowest BCUT2D eigenvalue weighted by Gasteiger charge is -2.10. The highest BCUT2D eigenvalue weighted by molar-refractivity contribution is 5.98. The van der Waals surface area contributed by atoms with Crippen molar-refractivity contribution < 1.29 is 4.79 Å². The Morgan fingerprint density at radius 1 is 1.53 bits per heavy atom. The first-order chi connectivity index (χ1) is 8.20. The van der Waals surface area contributed by atoms with Gasteiger partial charge in [-0.25, -0.2) is 0 Å². The molecule has 0 saturated carbocycles. The molecule has 2 N–H and O–H groups in total.